The summed E-state index contributed by atoms with van der Waals surface area (Å²) in [4.78, 5) is 17.8. The van der Waals surface area contributed by atoms with E-state index in [0.29, 0.717) is 12.5 Å². The highest BCUT2D eigenvalue weighted by molar-refractivity contribution is 7.26. The Bertz CT molecular complexity index is 1100. The summed E-state index contributed by atoms with van der Waals surface area (Å²) >= 11 is 1.70. The lowest BCUT2D eigenvalue weighted by Gasteiger charge is -2.36. The zero-order chi connectivity index (χ0) is 21.6. The summed E-state index contributed by atoms with van der Waals surface area (Å²) in [5.41, 5.74) is 3.35. The average molecular weight is 442 g/mol. The van der Waals surface area contributed by atoms with Crippen LogP contribution in [0, 0.1) is 5.92 Å². The molecule has 1 fully saturated rings. The molecule has 2 aliphatic rings. The summed E-state index contributed by atoms with van der Waals surface area (Å²) in [5.74, 6) is 2.62. The minimum atomic E-state index is -0.205. The summed E-state index contributed by atoms with van der Waals surface area (Å²) in [6, 6.07) is 0. The number of aromatic nitrogens is 3. The fourth-order valence-corrected chi connectivity index (χ4v) is 5.55. The van der Waals surface area contributed by atoms with Crippen molar-refractivity contribution in [3.05, 3.63) is 17.5 Å². The van der Waals surface area contributed by atoms with E-state index in [-0.39, 0.29) is 5.60 Å². The highest BCUT2D eigenvalue weighted by Crippen LogP contribution is 2.44. The monoisotopic (exact) mass is 441 g/mol. The van der Waals surface area contributed by atoms with Crippen LogP contribution in [-0.4, -0.2) is 53.4 Å². The van der Waals surface area contributed by atoms with Gasteiger partial charge in [-0.15, -0.1) is 11.3 Å². The zero-order valence-corrected chi connectivity index (χ0v) is 19.6. The summed E-state index contributed by atoms with van der Waals surface area (Å²) in [7, 11) is 0. The number of anilines is 2. The minimum absolute atomic E-state index is 0.205. The SMILES string of the molecule is CC(C)CCNc1ncnc2c1sc1nc(N3CCOCC3)c3c(c12)CC(C)(C)OC3. The molecule has 3 aromatic heterocycles. The number of morpholine rings is 1. The lowest BCUT2D eigenvalue weighted by Crippen LogP contribution is -2.39. The number of nitrogens with zero attached hydrogens (tertiary/aromatic N) is 4. The normalized spacial score (nSPS) is 18.7. The number of ether oxygens (including phenoxy) is 2. The van der Waals surface area contributed by atoms with Gasteiger partial charge in [-0.05, 0) is 31.7 Å². The van der Waals surface area contributed by atoms with Gasteiger partial charge in [0.1, 0.15) is 22.8 Å². The maximum absolute atomic E-state index is 6.22. The van der Waals surface area contributed by atoms with Crippen LogP contribution in [0.3, 0.4) is 0 Å². The van der Waals surface area contributed by atoms with E-state index in [2.05, 4.69) is 42.9 Å². The Hall–Kier alpha value is -2.03. The second-order valence-corrected chi connectivity index (χ2v) is 10.5. The topological polar surface area (TPSA) is 72.4 Å². The molecule has 0 atom stereocenters. The number of hydrogen-bond donors (Lipinski definition) is 1. The highest BCUT2D eigenvalue weighted by Gasteiger charge is 2.33. The van der Waals surface area contributed by atoms with Crippen molar-refractivity contribution in [2.45, 2.75) is 52.7 Å². The van der Waals surface area contributed by atoms with Gasteiger partial charge >= 0.3 is 0 Å². The van der Waals surface area contributed by atoms with Crippen LogP contribution in [0.15, 0.2) is 6.33 Å². The first-order valence-corrected chi connectivity index (χ1v) is 12.0. The van der Waals surface area contributed by atoms with Gasteiger partial charge in [-0.1, -0.05) is 13.8 Å². The lowest BCUT2D eigenvalue weighted by atomic mass is 9.90. The van der Waals surface area contributed by atoms with Crippen molar-refractivity contribution in [2.75, 3.05) is 43.1 Å². The van der Waals surface area contributed by atoms with Crippen molar-refractivity contribution < 1.29 is 9.47 Å². The molecule has 1 saturated heterocycles. The Morgan fingerprint density at radius 3 is 2.77 bits per heavy atom. The van der Waals surface area contributed by atoms with Crippen molar-refractivity contribution in [3.8, 4) is 0 Å². The molecule has 0 amide bonds. The molecule has 5 rings (SSSR count). The molecule has 7 nitrogen and oxygen atoms in total. The molecule has 8 heteroatoms. The van der Waals surface area contributed by atoms with Gasteiger partial charge in [-0.2, -0.15) is 0 Å². The molecular formula is C23H31N5O2S. The van der Waals surface area contributed by atoms with Gasteiger partial charge in [0.05, 0.1) is 35.6 Å². The highest BCUT2D eigenvalue weighted by atomic mass is 32.1. The van der Waals surface area contributed by atoms with E-state index in [1.807, 2.05) is 0 Å². The van der Waals surface area contributed by atoms with Crippen LogP contribution in [0.25, 0.3) is 20.4 Å². The third-order valence-electron chi connectivity index (χ3n) is 6.13. The second kappa shape index (κ2) is 8.15. The predicted octanol–water partition coefficient (Wildman–Crippen LogP) is 4.39. The number of hydrogen-bond acceptors (Lipinski definition) is 8. The van der Waals surface area contributed by atoms with Crippen LogP contribution in [0.2, 0.25) is 0 Å². The first kappa shape index (κ1) is 20.8. The molecule has 166 valence electrons. The van der Waals surface area contributed by atoms with Crippen molar-refractivity contribution in [1.29, 1.82) is 0 Å². The number of thiophene rings is 1. The van der Waals surface area contributed by atoms with Gasteiger partial charge in [0.25, 0.3) is 0 Å². The van der Waals surface area contributed by atoms with Crippen LogP contribution in [0.4, 0.5) is 11.6 Å². The van der Waals surface area contributed by atoms with E-state index in [0.717, 1.165) is 72.4 Å². The smallest absolute Gasteiger partial charge is 0.147 e. The predicted molar refractivity (Wildman–Crippen MR) is 126 cm³/mol. The molecule has 0 spiro atoms. The molecule has 2 aliphatic heterocycles. The number of rotatable bonds is 5. The maximum atomic E-state index is 6.22. The third-order valence-corrected chi connectivity index (χ3v) is 7.21. The lowest BCUT2D eigenvalue weighted by molar-refractivity contribution is -0.0396. The zero-order valence-electron chi connectivity index (χ0n) is 18.8. The second-order valence-electron chi connectivity index (χ2n) is 9.51. The largest absolute Gasteiger partial charge is 0.378 e. The number of fused-ring (bicyclic) bond motifs is 5. The van der Waals surface area contributed by atoms with Crippen LogP contribution in [0.1, 0.15) is 45.2 Å². The Morgan fingerprint density at radius 1 is 1.19 bits per heavy atom. The van der Waals surface area contributed by atoms with E-state index >= 15 is 0 Å². The molecular weight excluding hydrogens is 410 g/mol. The molecule has 1 N–H and O–H groups in total. The van der Waals surface area contributed by atoms with Gasteiger partial charge in [0.2, 0.25) is 0 Å². The van der Waals surface area contributed by atoms with Crippen LogP contribution >= 0.6 is 11.3 Å². The van der Waals surface area contributed by atoms with Gasteiger partial charge < -0.3 is 19.7 Å². The van der Waals surface area contributed by atoms with Crippen molar-refractivity contribution in [2.24, 2.45) is 5.92 Å². The van der Waals surface area contributed by atoms with E-state index in [1.54, 1.807) is 17.7 Å². The molecule has 5 heterocycles. The summed E-state index contributed by atoms with van der Waals surface area (Å²) in [5, 5.41) is 4.71. The first-order valence-electron chi connectivity index (χ1n) is 11.2. The molecule has 0 aromatic carbocycles. The van der Waals surface area contributed by atoms with Crippen molar-refractivity contribution in [1.82, 2.24) is 15.0 Å². The van der Waals surface area contributed by atoms with Gasteiger partial charge in [0.15, 0.2) is 0 Å². The van der Waals surface area contributed by atoms with E-state index in [4.69, 9.17) is 19.4 Å². The first-order chi connectivity index (χ1) is 14.9. The molecule has 0 saturated carbocycles. The fourth-order valence-electron chi connectivity index (χ4n) is 4.43. The van der Waals surface area contributed by atoms with E-state index in [1.165, 1.54) is 16.5 Å². The fraction of sp³-hybridized carbons (Fsp3) is 0.609. The maximum Gasteiger partial charge on any atom is 0.147 e. The molecule has 0 radical (unpaired) electrons. The third kappa shape index (κ3) is 3.97. The Morgan fingerprint density at radius 2 is 2.00 bits per heavy atom. The molecule has 0 unspecified atom stereocenters. The summed E-state index contributed by atoms with van der Waals surface area (Å²) in [6.07, 6.45) is 3.64. The number of pyridine rings is 1. The molecule has 31 heavy (non-hydrogen) atoms. The van der Waals surface area contributed by atoms with E-state index < -0.39 is 0 Å². The Kier molecular flexibility index (Phi) is 5.48. The van der Waals surface area contributed by atoms with E-state index in [9.17, 15) is 0 Å². The Labute approximate surface area is 187 Å². The molecule has 0 aliphatic carbocycles. The molecule has 0 bridgehead atoms. The summed E-state index contributed by atoms with van der Waals surface area (Å²) < 4.78 is 12.9. The van der Waals surface area contributed by atoms with Gasteiger partial charge in [0, 0.05) is 37.0 Å². The quantitative estimate of drug-likeness (QED) is 0.630. The van der Waals surface area contributed by atoms with Gasteiger partial charge in [-0.25, -0.2) is 15.0 Å². The Balaban J connectivity index is 1.67. The van der Waals surface area contributed by atoms with Crippen molar-refractivity contribution in [3.63, 3.8) is 0 Å². The van der Waals surface area contributed by atoms with Crippen LogP contribution in [0.5, 0.6) is 0 Å². The standard InChI is InChI=1S/C23H31N5O2S/c1-14(2)5-6-24-20-19-18(25-13-26-20)17-15-11-23(3,4)30-12-16(15)21(27-22(17)31-19)28-7-9-29-10-8-28/h13-14H,5-12H2,1-4H3,(H,24,25,26). The van der Waals surface area contributed by atoms with Crippen molar-refractivity contribution >= 4 is 43.4 Å². The van der Waals surface area contributed by atoms with Gasteiger partial charge in [-0.3, -0.25) is 0 Å². The molecule has 3 aromatic rings. The summed E-state index contributed by atoms with van der Waals surface area (Å²) in [6.45, 7) is 13.5. The number of nitrogens with one attached hydrogen (secondary N) is 1. The van der Waals surface area contributed by atoms with Crippen LogP contribution in [-0.2, 0) is 22.5 Å². The average Bonchev–Trinajstić information content (AvgIpc) is 3.12. The minimum Gasteiger partial charge on any atom is -0.378 e. The van der Waals surface area contributed by atoms with Crippen LogP contribution < -0.4 is 10.2 Å².